The van der Waals surface area contributed by atoms with Crippen molar-refractivity contribution >= 4 is 17.4 Å². The fraction of sp³-hybridized carbons (Fsp3) is 0.364. The second-order valence-electron chi connectivity index (χ2n) is 2.73. The first-order chi connectivity index (χ1) is 6.79. The van der Waals surface area contributed by atoms with Gasteiger partial charge in [0, 0.05) is 18.3 Å². The van der Waals surface area contributed by atoms with Crippen LogP contribution in [0.25, 0.3) is 6.08 Å². The van der Waals surface area contributed by atoms with Gasteiger partial charge < -0.3 is 4.57 Å². The molecule has 0 radical (unpaired) electrons. The van der Waals surface area contributed by atoms with Crippen LogP contribution in [0, 0.1) is 0 Å². The van der Waals surface area contributed by atoms with Crippen molar-refractivity contribution in [2.75, 3.05) is 0 Å². The molecule has 0 atom stereocenters. The molecule has 1 aliphatic carbocycles. The van der Waals surface area contributed by atoms with Gasteiger partial charge in [-0.1, -0.05) is 43.4 Å². The molecule has 0 spiro atoms. The van der Waals surface area contributed by atoms with E-state index in [0.717, 1.165) is 17.0 Å². The van der Waals surface area contributed by atoms with Gasteiger partial charge in [0.2, 0.25) is 0 Å². The predicted molar refractivity (Wildman–Crippen MR) is 62.8 cm³/mol. The van der Waals surface area contributed by atoms with E-state index in [9.17, 15) is 4.79 Å². The van der Waals surface area contributed by atoms with Crippen molar-refractivity contribution in [3.05, 3.63) is 38.5 Å². The van der Waals surface area contributed by atoms with Crippen LogP contribution in [0.2, 0.25) is 0 Å². The zero-order valence-corrected chi connectivity index (χ0v) is 9.60. The van der Waals surface area contributed by atoms with E-state index in [2.05, 4.69) is 6.08 Å². The first kappa shape index (κ1) is 11.0. The molecule has 3 heteroatoms. The molecule has 2 nitrogen and oxygen atoms in total. The van der Waals surface area contributed by atoms with Gasteiger partial charge in [-0.15, -0.1) is 0 Å². The van der Waals surface area contributed by atoms with Crippen LogP contribution in [-0.4, -0.2) is 4.57 Å². The molecule has 1 aromatic heterocycles. The summed E-state index contributed by atoms with van der Waals surface area (Å²) in [6.45, 7) is 4.00. The Morgan fingerprint density at radius 2 is 2.07 bits per heavy atom. The molecule has 2 rings (SSSR count). The lowest BCUT2D eigenvalue weighted by Crippen LogP contribution is -2.08. The van der Waals surface area contributed by atoms with Gasteiger partial charge in [-0.3, -0.25) is 4.79 Å². The molecule has 0 bridgehead atoms. The number of thiazole rings is 1. The molecule has 1 heterocycles. The van der Waals surface area contributed by atoms with Gasteiger partial charge >= 0.3 is 4.87 Å². The van der Waals surface area contributed by atoms with E-state index in [0.29, 0.717) is 0 Å². The van der Waals surface area contributed by atoms with Crippen molar-refractivity contribution < 1.29 is 0 Å². The zero-order valence-electron chi connectivity index (χ0n) is 8.78. The summed E-state index contributed by atoms with van der Waals surface area (Å²) < 4.78 is 1.70. The molecule has 0 saturated carbocycles. The molecule has 0 saturated heterocycles. The molecule has 1 aromatic rings. The maximum atomic E-state index is 11.2. The Kier molecular flexibility index (Phi) is 3.89. The normalized spacial score (nSPS) is 12.8. The Balaban J connectivity index is 0.000000461. The van der Waals surface area contributed by atoms with Crippen LogP contribution in [-0.2, 0) is 13.5 Å². The highest BCUT2D eigenvalue weighted by Gasteiger charge is 2.08. The van der Waals surface area contributed by atoms with E-state index in [1.165, 1.54) is 11.3 Å². The topological polar surface area (TPSA) is 22.0 Å². The third kappa shape index (κ3) is 2.04. The molecule has 1 aliphatic rings. The summed E-state index contributed by atoms with van der Waals surface area (Å²) in [6, 6.07) is 0. The van der Waals surface area contributed by atoms with Gasteiger partial charge in [-0.05, 0) is 6.08 Å². The minimum atomic E-state index is 0.125. The molecular formula is C11H15NOS. The molecule has 0 unspecified atom stereocenters. The summed E-state index contributed by atoms with van der Waals surface area (Å²) in [4.78, 5) is 12.5. The third-order valence-electron chi connectivity index (χ3n) is 1.94. The van der Waals surface area contributed by atoms with E-state index in [-0.39, 0.29) is 4.87 Å². The molecule has 0 fully saturated rings. The van der Waals surface area contributed by atoms with Crippen LogP contribution in [0.15, 0.2) is 23.0 Å². The number of hydrogen-bond donors (Lipinski definition) is 0. The third-order valence-corrected chi connectivity index (χ3v) is 3.01. The predicted octanol–water partition coefficient (Wildman–Crippen LogP) is 2.60. The Bertz CT molecular complexity index is 409. The number of allylic oxidation sites excluding steroid dienone is 3. The van der Waals surface area contributed by atoms with Gasteiger partial charge in [0.1, 0.15) is 0 Å². The average molecular weight is 209 g/mol. The van der Waals surface area contributed by atoms with E-state index in [1.54, 1.807) is 4.57 Å². The summed E-state index contributed by atoms with van der Waals surface area (Å²) >= 11 is 1.34. The smallest absolute Gasteiger partial charge is 0.302 e. The Morgan fingerprint density at radius 3 is 2.79 bits per heavy atom. The van der Waals surface area contributed by atoms with Gasteiger partial charge in [-0.2, -0.15) is 0 Å². The lowest BCUT2D eigenvalue weighted by atomic mass is 10.3. The largest absolute Gasteiger partial charge is 0.307 e. The van der Waals surface area contributed by atoms with Gasteiger partial charge in [0.25, 0.3) is 0 Å². The fourth-order valence-corrected chi connectivity index (χ4v) is 2.20. The standard InChI is InChI=1S/C9H9NOS.C2H6/c1-10-7-5-3-2-4-6-8(7)12-9(10)11;1-2/h2-5H,6H2,1H3;1-2H3. The summed E-state index contributed by atoms with van der Waals surface area (Å²) in [5, 5.41) is 0. The molecule has 0 aromatic carbocycles. The average Bonchev–Trinajstić information content (AvgIpc) is 2.44. The van der Waals surface area contributed by atoms with Gasteiger partial charge in [-0.25, -0.2) is 0 Å². The monoisotopic (exact) mass is 209 g/mol. The fourth-order valence-electron chi connectivity index (χ4n) is 1.26. The molecule has 0 amide bonds. The first-order valence-electron chi connectivity index (χ1n) is 4.81. The van der Waals surface area contributed by atoms with Crippen LogP contribution in [0.3, 0.4) is 0 Å². The molecular weight excluding hydrogens is 194 g/mol. The highest BCUT2D eigenvalue weighted by atomic mass is 32.1. The number of hydrogen-bond acceptors (Lipinski definition) is 2. The van der Waals surface area contributed by atoms with E-state index in [1.807, 2.05) is 39.1 Å². The van der Waals surface area contributed by atoms with E-state index in [4.69, 9.17) is 0 Å². The van der Waals surface area contributed by atoms with Crippen molar-refractivity contribution in [1.82, 2.24) is 4.57 Å². The number of nitrogens with zero attached hydrogens (tertiary/aromatic N) is 1. The van der Waals surface area contributed by atoms with Gasteiger partial charge in [0.05, 0.1) is 5.69 Å². The summed E-state index contributed by atoms with van der Waals surface area (Å²) in [5.41, 5.74) is 1.05. The molecule has 0 N–H and O–H groups in total. The highest BCUT2D eigenvalue weighted by Crippen LogP contribution is 2.16. The lowest BCUT2D eigenvalue weighted by molar-refractivity contribution is 0.878. The van der Waals surface area contributed by atoms with Gasteiger partial charge in [0.15, 0.2) is 0 Å². The Morgan fingerprint density at radius 1 is 1.36 bits per heavy atom. The van der Waals surface area contributed by atoms with Crippen LogP contribution in [0.5, 0.6) is 0 Å². The minimum absolute atomic E-state index is 0.125. The maximum Gasteiger partial charge on any atom is 0.307 e. The number of fused-ring (bicyclic) bond motifs is 1. The van der Waals surface area contributed by atoms with Crippen LogP contribution >= 0.6 is 11.3 Å². The summed E-state index contributed by atoms with van der Waals surface area (Å²) in [6.07, 6.45) is 8.91. The number of aromatic nitrogens is 1. The van der Waals surface area contributed by atoms with Crippen molar-refractivity contribution in [1.29, 1.82) is 0 Å². The summed E-state index contributed by atoms with van der Waals surface area (Å²) in [7, 11) is 1.81. The zero-order chi connectivity index (χ0) is 10.6. The number of rotatable bonds is 0. The minimum Gasteiger partial charge on any atom is -0.302 e. The van der Waals surface area contributed by atoms with Crippen LogP contribution in [0.1, 0.15) is 24.4 Å². The lowest BCUT2D eigenvalue weighted by Gasteiger charge is -1.95. The second-order valence-corrected chi connectivity index (χ2v) is 3.77. The van der Waals surface area contributed by atoms with Crippen LogP contribution in [0.4, 0.5) is 0 Å². The molecule has 0 aliphatic heterocycles. The summed E-state index contributed by atoms with van der Waals surface area (Å²) in [5.74, 6) is 0. The SMILES string of the molecule is CC.Cn1c2c(sc1=O)CC=CC=C2. The van der Waals surface area contributed by atoms with E-state index >= 15 is 0 Å². The van der Waals surface area contributed by atoms with E-state index < -0.39 is 0 Å². The molecule has 14 heavy (non-hydrogen) atoms. The van der Waals surface area contributed by atoms with Crippen molar-refractivity contribution in [3.63, 3.8) is 0 Å². The second kappa shape index (κ2) is 4.96. The van der Waals surface area contributed by atoms with Crippen LogP contribution < -0.4 is 4.87 Å². The van der Waals surface area contributed by atoms with Crippen molar-refractivity contribution in [2.24, 2.45) is 7.05 Å². The Hall–Kier alpha value is -1.09. The molecule has 76 valence electrons. The quantitative estimate of drug-likeness (QED) is 0.643. The van der Waals surface area contributed by atoms with Crippen molar-refractivity contribution in [2.45, 2.75) is 20.3 Å². The van der Waals surface area contributed by atoms with Crippen molar-refractivity contribution in [3.8, 4) is 0 Å². The Labute approximate surface area is 88.2 Å². The maximum absolute atomic E-state index is 11.2. The first-order valence-corrected chi connectivity index (χ1v) is 5.62. The highest BCUT2D eigenvalue weighted by molar-refractivity contribution is 7.09.